The highest BCUT2D eigenvalue weighted by Gasteiger charge is 2.34. The number of nitrogens with zero attached hydrogens (tertiary/aromatic N) is 2. The molecule has 7 nitrogen and oxygen atoms in total. The summed E-state index contributed by atoms with van der Waals surface area (Å²) in [4.78, 5) is 31.5. The van der Waals surface area contributed by atoms with Crippen LogP contribution in [0.3, 0.4) is 0 Å². The SMILES string of the molecule is CC(C)c1ccc(OCC2c3ccsc3CCN2C(=O)CN(Cc2ccco2)C(=O)NC(C)(C)C)cc1. The van der Waals surface area contributed by atoms with Crippen LogP contribution in [0.5, 0.6) is 5.75 Å². The number of rotatable bonds is 8. The number of amides is 3. The van der Waals surface area contributed by atoms with Gasteiger partial charge in [0.25, 0.3) is 0 Å². The quantitative estimate of drug-likeness (QED) is 0.394. The van der Waals surface area contributed by atoms with Gasteiger partial charge in [0, 0.05) is 17.0 Å². The highest BCUT2D eigenvalue weighted by atomic mass is 32.1. The second kappa shape index (κ2) is 11.4. The highest BCUT2D eigenvalue weighted by Crippen LogP contribution is 2.34. The summed E-state index contributed by atoms with van der Waals surface area (Å²) in [6.07, 6.45) is 2.37. The monoisotopic (exact) mass is 523 g/mol. The van der Waals surface area contributed by atoms with E-state index in [-0.39, 0.29) is 31.1 Å². The molecule has 1 aromatic carbocycles. The third kappa shape index (κ3) is 6.95. The number of carbonyl (C=O) groups is 2. The smallest absolute Gasteiger partial charge is 0.318 e. The van der Waals surface area contributed by atoms with Gasteiger partial charge in [0.1, 0.15) is 24.7 Å². The van der Waals surface area contributed by atoms with Crippen LogP contribution in [0.15, 0.2) is 58.5 Å². The zero-order valence-corrected chi connectivity index (χ0v) is 23.1. The lowest BCUT2D eigenvalue weighted by atomic mass is 10.00. The molecule has 3 heterocycles. The number of furan rings is 1. The number of ether oxygens (including phenoxy) is 1. The lowest BCUT2D eigenvalue weighted by molar-refractivity contribution is -0.135. The lowest BCUT2D eigenvalue weighted by Gasteiger charge is -2.37. The summed E-state index contributed by atoms with van der Waals surface area (Å²) >= 11 is 1.72. The number of hydrogen-bond acceptors (Lipinski definition) is 5. The van der Waals surface area contributed by atoms with Crippen molar-refractivity contribution < 1.29 is 18.7 Å². The minimum atomic E-state index is -0.431. The van der Waals surface area contributed by atoms with E-state index in [1.165, 1.54) is 15.3 Å². The number of fused-ring (bicyclic) bond motifs is 1. The molecular weight excluding hydrogens is 486 g/mol. The van der Waals surface area contributed by atoms with Crippen LogP contribution in [0, 0.1) is 0 Å². The first-order chi connectivity index (χ1) is 17.6. The third-order valence-electron chi connectivity index (χ3n) is 6.39. The number of benzene rings is 1. The molecule has 0 radical (unpaired) electrons. The van der Waals surface area contributed by atoms with Crippen molar-refractivity contribution in [1.82, 2.24) is 15.1 Å². The molecule has 1 unspecified atom stereocenters. The fourth-order valence-corrected chi connectivity index (χ4v) is 5.37. The van der Waals surface area contributed by atoms with Crippen molar-refractivity contribution in [2.24, 2.45) is 0 Å². The maximum atomic E-state index is 13.7. The van der Waals surface area contributed by atoms with E-state index in [1.54, 1.807) is 23.7 Å². The molecule has 1 aliphatic heterocycles. The molecule has 4 rings (SSSR count). The van der Waals surface area contributed by atoms with Gasteiger partial charge in [-0.3, -0.25) is 4.79 Å². The van der Waals surface area contributed by atoms with E-state index in [2.05, 4.69) is 42.7 Å². The van der Waals surface area contributed by atoms with Crippen molar-refractivity contribution in [3.05, 3.63) is 75.9 Å². The molecule has 8 heteroatoms. The van der Waals surface area contributed by atoms with Crippen LogP contribution in [0.1, 0.15) is 68.3 Å². The van der Waals surface area contributed by atoms with E-state index in [4.69, 9.17) is 9.15 Å². The molecule has 0 bridgehead atoms. The molecule has 37 heavy (non-hydrogen) atoms. The molecule has 0 saturated heterocycles. The lowest BCUT2D eigenvalue weighted by Crippen LogP contribution is -2.52. The topological polar surface area (TPSA) is 75.0 Å². The average molecular weight is 524 g/mol. The first kappa shape index (κ1) is 26.8. The molecule has 0 spiro atoms. The van der Waals surface area contributed by atoms with Crippen molar-refractivity contribution in [3.63, 3.8) is 0 Å². The maximum Gasteiger partial charge on any atom is 0.318 e. The Morgan fingerprint density at radius 2 is 1.95 bits per heavy atom. The fourth-order valence-electron chi connectivity index (χ4n) is 4.44. The van der Waals surface area contributed by atoms with Gasteiger partial charge in [0.05, 0.1) is 18.8 Å². The molecule has 1 N–H and O–H groups in total. The van der Waals surface area contributed by atoms with Crippen LogP contribution in [-0.4, -0.2) is 47.0 Å². The van der Waals surface area contributed by atoms with Gasteiger partial charge in [-0.1, -0.05) is 26.0 Å². The summed E-state index contributed by atoms with van der Waals surface area (Å²) in [6.45, 7) is 11.2. The van der Waals surface area contributed by atoms with Gasteiger partial charge in [0.15, 0.2) is 0 Å². The molecule has 1 atom stereocenters. The summed E-state index contributed by atoms with van der Waals surface area (Å²) in [5.41, 5.74) is 1.95. The van der Waals surface area contributed by atoms with Gasteiger partial charge in [-0.05, 0) is 79.9 Å². The normalized spacial score (nSPS) is 15.4. The van der Waals surface area contributed by atoms with Crippen LogP contribution in [-0.2, 0) is 17.8 Å². The second-order valence-electron chi connectivity index (χ2n) is 10.8. The van der Waals surface area contributed by atoms with Gasteiger partial charge in [-0.25, -0.2) is 4.79 Å². The molecule has 0 saturated carbocycles. The fraction of sp³-hybridized carbons (Fsp3) is 0.448. The van der Waals surface area contributed by atoms with Gasteiger partial charge >= 0.3 is 6.03 Å². The van der Waals surface area contributed by atoms with Crippen molar-refractivity contribution in [2.75, 3.05) is 19.7 Å². The number of carbonyl (C=O) groups excluding carboxylic acids is 2. The van der Waals surface area contributed by atoms with E-state index >= 15 is 0 Å². The summed E-state index contributed by atoms with van der Waals surface area (Å²) in [6, 6.07) is 13.3. The van der Waals surface area contributed by atoms with Crippen molar-refractivity contribution in [1.29, 1.82) is 0 Å². The molecule has 198 valence electrons. The van der Waals surface area contributed by atoms with Gasteiger partial charge in [-0.15, -0.1) is 11.3 Å². The molecule has 0 aliphatic carbocycles. The minimum absolute atomic E-state index is 0.0539. The summed E-state index contributed by atoms with van der Waals surface area (Å²) in [5.74, 6) is 1.74. The summed E-state index contributed by atoms with van der Waals surface area (Å²) in [7, 11) is 0. The van der Waals surface area contributed by atoms with E-state index in [0.717, 1.165) is 17.7 Å². The standard InChI is InChI=1S/C29H37N3O4S/c1-20(2)21-8-10-22(11-9-21)36-19-25-24-13-16-37-26(24)12-14-32(25)27(33)18-31(17-23-7-6-15-35-23)28(34)30-29(3,4)5/h6-11,13,15-16,20,25H,12,14,17-19H2,1-5H3,(H,30,34). The largest absolute Gasteiger partial charge is 0.491 e. The van der Waals surface area contributed by atoms with Gasteiger partial charge in [-0.2, -0.15) is 0 Å². The minimum Gasteiger partial charge on any atom is -0.491 e. The number of nitrogens with one attached hydrogen (secondary N) is 1. The highest BCUT2D eigenvalue weighted by molar-refractivity contribution is 7.10. The average Bonchev–Trinajstić information content (AvgIpc) is 3.53. The van der Waals surface area contributed by atoms with Crippen molar-refractivity contribution in [3.8, 4) is 5.75 Å². The molecular formula is C29H37N3O4S. The van der Waals surface area contributed by atoms with E-state index in [9.17, 15) is 9.59 Å². The molecule has 0 fully saturated rings. The Hall–Kier alpha value is -3.26. The molecule has 3 amide bonds. The van der Waals surface area contributed by atoms with E-state index in [0.29, 0.717) is 24.8 Å². The Morgan fingerprint density at radius 1 is 1.19 bits per heavy atom. The Bertz CT molecular complexity index is 1180. The first-order valence-electron chi connectivity index (χ1n) is 12.8. The predicted molar refractivity (Wildman–Crippen MR) is 146 cm³/mol. The van der Waals surface area contributed by atoms with Gasteiger partial charge in [0.2, 0.25) is 5.91 Å². The Labute approximate surface area is 223 Å². The summed E-state index contributed by atoms with van der Waals surface area (Å²) < 4.78 is 11.7. The zero-order valence-electron chi connectivity index (χ0n) is 22.3. The number of urea groups is 1. The number of hydrogen-bond donors (Lipinski definition) is 1. The van der Waals surface area contributed by atoms with Crippen LogP contribution >= 0.6 is 11.3 Å². The summed E-state index contributed by atoms with van der Waals surface area (Å²) in [5, 5.41) is 5.05. The number of thiophene rings is 1. The zero-order chi connectivity index (χ0) is 26.6. The molecule has 1 aliphatic rings. The van der Waals surface area contributed by atoms with Crippen LogP contribution in [0.4, 0.5) is 4.79 Å². The predicted octanol–water partition coefficient (Wildman–Crippen LogP) is 5.98. The third-order valence-corrected chi connectivity index (χ3v) is 7.39. The molecule has 2 aromatic heterocycles. The van der Waals surface area contributed by atoms with Gasteiger partial charge < -0.3 is 24.3 Å². The van der Waals surface area contributed by atoms with E-state index in [1.807, 2.05) is 43.9 Å². The second-order valence-corrected chi connectivity index (χ2v) is 11.8. The Morgan fingerprint density at radius 3 is 2.59 bits per heavy atom. The molecule has 3 aromatic rings. The first-order valence-corrected chi connectivity index (χ1v) is 13.7. The Kier molecular flexibility index (Phi) is 8.27. The van der Waals surface area contributed by atoms with Crippen molar-refractivity contribution >= 4 is 23.3 Å². The van der Waals surface area contributed by atoms with Crippen LogP contribution in [0.25, 0.3) is 0 Å². The van der Waals surface area contributed by atoms with E-state index < -0.39 is 5.54 Å². The maximum absolute atomic E-state index is 13.7. The Balaban J connectivity index is 1.51. The van der Waals surface area contributed by atoms with Crippen molar-refractivity contribution in [2.45, 2.75) is 65.1 Å². The van der Waals surface area contributed by atoms with Crippen LogP contribution in [0.2, 0.25) is 0 Å². The van der Waals surface area contributed by atoms with Crippen LogP contribution < -0.4 is 10.1 Å².